The van der Waals surface area contributed by atoms with Gasteiger partial charge in [-0.3, -0.25) is 4.79 Å². The van der Waals surface area contributed by atoms with Gasteiger partial charge in [-0.05, 0) is 24.6 Å². The molecule has 0 bridgehead atoms. The summed E-state index contributed by atoms with van der Waals surface area (Å²) in [7, 11) is 0. The van der Waals surface area contributed by atoms with Gasteiger partial charge >= 0.3 is 6.18 Å². The lowest BCUT2D eigenvalue weighted by atomic mass is 10.1. The summed E-state index contributed by atoms with van der Waals surface area (Å²) < 4.78 is 35.6. The maximum atomic E-state index is 11.9. The zero-order valence-electron chi connectivity index (χ0n) is 9.55. The molecule has 0 aliphatic rings. The van der Waals surface area contributed by atoms with Crippen LogP contribution in [-0.4, -0.2) is 18.6 Å². The maximum absolute atomic E-state index is 11.9. The van der Waals surface area contributed by atoms with E-state index in [1.165, 1.54) is 18.2 Å². The number of benzene rings is 1. The molecule has 1 rings (SSSR count). The lowest BCUT2D eigenvalue weighted by molar-refractivity contribution is -0.135. The molecule has 4 nitrogen and oxygen atoms in total. The predicted molar refractivity (Wildman–Crippen MR) is 62.9 cm³/mol. The van der Waals surface area contributed by atoms with Crippen molar-refractivity contribution in [2.75, 3.05) is 18.0 Å². The normalized spacial score (nSPS) is 11.3. The highest BCUT2D eigenvalue weighted by Crippen LogP contribution is 2.21. The molecule has 0 aromatic heterocycles. The number of halogens is 3. The quantitative estimate of drug-likeness (QED) is 0.572. The Bertz CT molecular complexity index is 432. The zero-order valence-corrected chi connectivity index (χ0v) is 9.55. The van der Waals surface area contributed by atoms with Crippen molar-refractivity contribution in [2.24, 2.45) is 0 Å². The highest BCUT2D eigenvalue weighted by molar-refractivity contribution is 5.99. The number of carbonyl (C=O) groups excluding carboxylic acids is 1. The monoisotopic (exact) mass is 261 g/mol. The molecule has 5 N–H and O–H groups in total. The second-order valence-corrected chi connectivity index (χ2v) is 3.82. The van der Waals surface area contributed by atoms with E-state index in [-0.39, 0.29) is 24.2 Å². The van der Waals surface area contributed by atoms with Gasteiger partial charge in [0.25, 0.3) is 5.91 Å². The summed E-state index contributed by atoms with van der Waals surface area (Å²) in [6.07, 6.45) is -5.29. The summed E-state index contributed by atoms with van der Waals surface area (Å²) >= 11 is 0. The summed E-state index contributed by atoms with van der Waals surface area (Å²) in [4.78, 5) is 11.6. The molecule has 0 radical (unpaired) electrons. The fourth-order valence-corrected chi connectivity index (χ4v) is 1.37. The Kier molecular flexibility index (Phi) is 4.41. The number of carbonyl (C=O) groups is 1. The van der Waals surface area contributed by atoms with Crippen LogP contribution in [0.2, 0.25) is 0 Å². The van der Waals surface area contributed by atoms with Gasteiger partial charge in [-0.25, -0.2) is 0 Å². The first-order valence-electron chi connectivity index (χ1n) is 5.29. The minimum absolute atomic E-state index is 0.0534. The second-order valence-electron chi connectivity index (χ2n) is 3.82. The molecule has 1 aromatic carbocycles. The molecule has 1 amide bonds. The van der Waals surface area contributed by atoms with Crippen molar-refractivity contribution < 1.29 is 18.0 Å². The first-order chi connectivity index (χ1) is 8.29. The van der Waals surface area contributed by atoms with E-state index in [9.17, 15) is 18.0 Å². The van der Waals surface area contributed by atoms with Crippen LogP contribution >= 0.6 is 0 Å². The maximum Gasteiger partial charge on any atom is 0.389 e. The van der Waals surface area contributed by atoms with Crippen LogP contribution in [0.1, 0.15) is 23.2 Å². The van der Waals surface area contributed by atoms with E-state index in [4.69, 9.17) is 11.5 Å². The van der Waals surface area contributed by atoms with E-state index in [0.717, 1.165) is 0 Å². The van der Waals surface area contributed by atoms with Crippen molar-refractivity contribution in [3.8, 4) is 0 Å². The number of hydrogen-bond donors (Lipinski definition) is 3. The van der Waals surface area contributed by atoms with Crippen LogP contribution in [-0.2, 0) is 0 Å². The predicted octanol–water partition coefficient (Wildman–Crippen LogP) is 1.92. The molecule has 0 aliphatic heterocycles. The Morgan fingerprint density at radius 3 is 2.50 bits per heavy atom. The molecule has 18 heavy (non-hydrogen) atoms. The number of hydrogen-bond acceptors (Lipinski definition) is 3. The van der Waals surface area contributed by atoms with Crippen molar-refractivity contribution >= 4 is 17.3 Å². The van der Waals surface area contributed by atoms with E-state index >= 15 is 0 Å². The lowest BCUT2D eigenvalue weighted by Crippen LogP contribution is -2.26. The van der Waals surface area contributed by atoms with Gasteiger partial charge in [0, 0.05) is 24.3 Å². The van der Waals surface area contributed by atoms with E-state index in [1.807, 2.05) is 0 Å². The topological polar surface area (TPSA) is 81.1 Å². The summed E-state index contributed by atoms with van der Waals surface area (Å²) in [5.41, 5.74) is 11.9. The molecule has 1 aromatic rings. The van der Waals surface area contributed by atoms with Crippen LogP contribution in [0.15, 0.2) is 18.2 Å². The van der Waals surface area contributed by atoms with Gasteiger partial charge in [0.05, 0.1) is 5.56 Å². The number of alkyl halides is 3. The smallest absolute Gasteiger partial charge is 0.389 e. The van der Waals surface area contributed by atoms with Crippen molar-refractivity contribution in [1.29, 1.82) is 0 Å². The van der Waals surface area contributed by atoms with Gasteiger partial charge < -0.3 is 16.8 Å². The molecule has 0 heterocycles. The van der Waals surface area contributed by atoms with E-state index < -0.39 is 18.5 Å². The number of rotatable bonds is 4. The number of nitrogen functional groups attached to an aromatic ring is 2. The van der Waals surface area contributed by atoms with Gasteiger partial charge in [-0.1, -0.05) is 0 Å². The minimum atomic E-state index is -4.20. The highest BCUT2D eigenvalue weighted by Gasteiger charge is 2.26. The van der Waals surface area contributed by atoms with Crippen molar-refractivity contribution in [2.45, 2.75) is 19.0 Å². The summed E-state index contributed by atoms with van der Waals surface area (Å²) in [5, 5.41) is 2.37. The third-order valence-corrected chi connectivity index (χ3v) is 2.24. The van der Waals surface area contributed by atoms with Gasteiger partial charge in [0.15, 0.2) is 0 Å². The van der Waals surface area contributed by atoms with E-state index in [2.05, 4.69) is 5.32 Å². The minimum Gasteiger partial charge on any atom is -0.399 e. The molecule has 0 saturated heterocycles. The van der Waals surface area contributed by atoms with Gasteiger partial charge in [-0.2, -0.15) is 13.2 Å². The molecular weight excluding hydrogens is 247 g/mol. The van der Waals surface area contributed by atoms with Crippen molar-refractivity contribution in [3.05, 3.63) is 23.8 Å². The van der Waals surface area contributed by atoms with E-state index in [1.54, 1.807) is 0 Å². The average molecular weight is 261 g/mol. The zero-order chi connectivity index (χ0) is 13.8. The first kappa shape index (κ1) is 14.1. The Morgan fingerprint density at radius 1 is 1.28 bits per heavy atom. The van der Waals surface area contributed by atoms with Gasteiger partial charge in [0.1, 0.15) is 0 Å². The third kappa shape index (κ3) is 4.52. The number of nitrogens with one attached hydrogen (secondary N) is 1. The fourth-order valence-electron chi connectivity index (χ4n) is 1.37. The molecule has 0 spiro atoms. The van der Waals surface area contributed by atoms with Crippen molar-refractivity contribution in [3.63, 3.8) is 0 Å². The Balaban J connectivity index is 2.46. The third-order valence-electron chi connectivity index (χ3n) is 2.24. The van der Waals surface area contributed by atoms with Crippen molar-refractivity contribution in [1.82, 2.24) is 5.32 Å². The van der Waals surface area contributed by atoms with Crippen LogP contribution in [0.25, 0.3) is 0 Å². The molecule has 100 valence electrons. The fraction of sp³-hybridized carbons (Fsp3) is 0.364. The highest BCUT2D eigenvalue weighted by atomic mass is 19.4. The van der Waals surface area contributed by atoms with Crippen LogP contribution in [0, 0.1) is 0 Å². The van der Waals surface area contributed by atoms with Crippen LogP contribution in [0.3, 0.4) is 0 Å². The lowest BCUT2D eigenvalue weighted by Gasteiger charge is -2.09. The molecule has 0 saturated carbocycles. The standard InChI is InChI=1S/C11H14F3N3O/c12-11(13,14)4-1-5-17-10(18)8-3-2-7(15)6-9(8)16/h2-3,6H,1,4-5,15-16H2,(H,17,18). The molecule has 0 fully saturated rings. The molecular formula is C11H14F3N3O. The summed E-state index contributed by atoms with van der Waals surface area (Å²) in [5.74, 6) is -0.505. The Labute approximate surface area is 102 Å². The Morgan fingerprint density at radius 2 is 1.94 bits per heavy atom. The summed E-state index contributed by atoms with van der Waals surface area (Å²) in [6, 6.07) is 4.36. The van der Waals surface area contributed by atoms with E-state index in [0.29, 0.717) is 5.69 Å². The first-order valence-corrected chi connectivity index (χ1v) is 5.29. The second kappa shape index (κ2) is 5.61. The molecule has 0 aliphatic carbocycles. The van der Waals surface area contributed by atoms with Gasteiger partial charge in [0.2, 0.25) is 0 Å². The average Bonchev–Trinajstić information content (AvgIpc) is 2.22. The van der Waals surface area contributed by atoms with Crippen LogP contribution < -0.4 is 16.8 Å². The number of anilines is 2. The van der Waals surface area contributed by atoms with Crippen LogP contribution in [0.5, 0.6) is 0 Å². The number of nitrogens with two attached hydrogens (primary N) is 2. The molecule has 0 unspecified atom stereocenters. The molecule has 7 heteroatoms. The van der Waals surface area contributed by atoms with Crippen LogP contribution in [0.4, 0.5) is 24.5 Å². The molecule has 0 atom stereocenters. The van der Waals surface area contributed by atoms with Gasteiger partial charge in [-0.15, -0.1) is 0 Å². The summed E-state index contributed by atoms with van der Waals surface area (Å²) in [6.45, 7) is -0.0534. The largest absolute Gasteiger partial charge is 0.399 e. The Hall–Kier alpha value is -1.92. The number of amides is 1. The SMILES string of the molecule is Nc1ccc(C(=O)NCCCC(F)(F)F)c(N)c1.